The van der Waals surface area contributed by atoms with E-state index in [1.807, 2.05) is 56.0 Å². The van der Waals surface area contributed by atoms with E-state index in [1.54, 1.807) is 0 Å². The van der Waals surface area contributed by atoms with E-state index < -0.39 is 5.60 Å². The summed E-state index contributed by atoms with van der Waals surface area (Å²) in [6.45, 7) is 7.21. The van der Waals surface area contributed by atoms with E-state index in [1.165, 1.54) is 0 Å². The molecule has 0 spiro atoms. The van der Waals surface area contributed by atoms with Gasteiger partial charge in [-0.3, -0.25) is 0 Å². The summed E-state index contributed by atoms with van der Waals surface area (Å²) < 4.78 is 11.2. The Morgan fingerprint density at radius 3 is 2.68 bits per heavy atom. The Morgan fingerprint density at radius 2 is 2.00 bits per heavy atom. The lowest BCUT2D eigenvalue weighted by Crippen LogP contribution is -2.39. The second-order valence-corrected chi connectivity index (χ2v) is 6.77. The monoisotopic (exact) mass is 305 g/mol. The molecule has 0 saturated carbocycles. The fraction of sp³-hybridized carbons (Fsp3) is 0.611. The van der Waals surface area contributed by atoms with Crippen LogP contribution in [0.3, 0.4) is 0 Å². The highest BCUT2D eigenvalue weighted by Gasteiger charge is 2.31. The Morgan fingerprint density at radius 1 is 1.27 bits per heavy atom. The van der Waals surface area contributed by atoms with Gasteiger partial charge in [-0.25, -0.2) is 4.79 Å². The molecule has 0 N–H and O–H groups in total. The highest BCUT2D eigenvalue weighted by molar-refractivity contribution is 5.68. The van der Waals surface area contributed by atoms with E-state index >= 15 is 0 Å². The summed E-state index contributed by atoms with van der Waals surface area (Å²) in [5, 5.41) is 0. The molecule has 1 atom stereocenters. The van der Waals surface area contributed by atoms with Crippen molar-refractivity contribution in [2.24, 2.45) is 0 Å². The number of ether oxygens (including phenoxy) is 2. The SMILES string of the molecule is CC(C)(C)OC(=O)N1CCCC1CCCOc1ccccc1. The van der Waals surface area contributed by atoms with E-state index in [4.69, 9.17) is 9.47 Å². The van der Waals surface area contributed by atoms with E-state index in [0.29, 0.717) is 6.61 Å². The highest BCUT2D eigenvalue weighted by Crippen LogP contribution is 2.24. The number of likely N-dealkylation sites (tertiary alicyclic amines) is 1. The molecule has 0 aromatic heterocycles. The third-order valence-corrected chi connectivity index (χ3v) is 3.70. The lowest BCUT2D eigenvalue weighted by Gasteiger charge is -2.28. The van der Waals surface area contributed by atoms with Crippen LogP contribution >= 0.6 is 0 Å². The van der Waals surface area contributed by atoms with E-state index in [2.05, 4.69) is 0 Å². The number of benzene rings is 1. The second-order valence-electron chi connectivity index (χ2n) is 6.77. The maximum Gasteiger partial charge on any atom is 0.410 e. The largest absolute Gasteiger partial charge is 0.494 e. The predicted octanol–water partition coefficient (Wildman–Crippen LogP) is 4.25. The molecule has 122 valence electrons. The summed E-state index contributed by atoms with van der Waals surface area (Å²) in [7, 11) is 0. The smallest absolute Gasteiger partial charge is 0.410 e. The van der Waals surface area contributed by atoms with E-state index in [-0.39, 0.29) is 12.1 Å². The first-order valence-electron chi connectivity index (χ1n) is 8.13. The molecule has 2 rings (SSSR count). The zero-order valence-electron chi connectivity index (χ0n) is 13.9. The molecular weight excluding hydrogens is 278 g/mol. The summed E-state index contributed by atoms with van der Waals surface area (Å²) in [5.74, 6) is 0.901. The molecule has 1 aliphatic heterocycles. The van der Waals surface area contributed by atoms with Gasteiger partial charge in [0.15, 0.2) is 0 Å². The fourth-order valence-electron chi connectivity index (χ4n) is 2.72. The zero-order chi connectivity index (χ0) is 16.0. The van der Waals surface area contributed by atoms with Crippen LogP contribution in [0.25, 0.3) is 0 Å². The first kappa shape index (κ1) is 16.7. The molecule has 1 aliphatic rings. The van der Waals surface area contributed by atoms with Gasteiger partial charge in [0.05, 0.1) is 6.61 Å². The average Bonchev–Trinajstić information content (AvgIpc) is 2.91. The summed E-state index contributed by atoms with van der Waals surface area (Å²) in [6.07, 6.45) is 3.85. The Labute approximate surface area is 133 Å². The molecule has 1 fully saturated rings. The topological polar surface area (TPSA) is 38.8 Å². The molecular formula is C18H27NO3. The van der Waals surface area contributed by atoms with Crippen LogP contribution in [-0.2, 0) is 4.74 Å². The maximum absolute atomic E-state index is 12.2. The molecule has 1 unspecified atom stereocenters. The summed E-state index contributed by atoms with van der Waals surface area (Å²) >= 11 is 0. The van der Waals surface area contributed by atoms with Crippen molar-refractivity contribution in [2.75, 3.05) is 13.2 Å². The minimum absolute atomic E-state index is 0.182. The molecule has 4 nitrogen and oxygen atoms in total. The van der Waals surface area contributed by atoms with Crippen LogP contribution in [0.5, 0.6) is 5.75 Å². The van der Waals surface area contributed by atoms with Crippen molar-refractivity contribution in [1.82, 2.24) is 4.90 Å². The Kier molecular flexibility index (Phi) is 5.69. The number of carbonyl (C=O) groups is 1. The second kappa shape index (κ2) is 7.52. The van der Waals surface area contributed by atoms with Crippen LogP contribution < -0.4 is 4.74 Å². The molecule has 4 heteroatoms. The molecule has 1 heterocycles. The van der Waals surface area contributed by atoms with Crippen molar-refractivity contribution >= 4 is 6.09 Å². The summed E-state index contributed by atoms with van der Waals surface area (Å²) in [4.78, 5) is 14.1. The lowest BCUT2D eigenvalue weighted by atomic mass is 10.1. The number of nitrogens with zero attached hydrogens (tertiary/aromatic N) is 1. The van der Waals surface area contributed by atoms with Gasteiger partial charge in [-0.1, -0.05) is 18.2 Å². The van der Waals surface area contributed by atoms with Crippen molar-refractivity contribution in [2.45, 2.75) is 58.1 Å². The van der Waals surface area contributed by atoms with E-state index in [9.17, 15) is 4.79 Å². The summed E-state index contributed by atoms with van der Waals surface area (Å²) in [6, 6.07) is 10.1. The third kappa shape index (κ3) is 5.24. The number of hydrogen-bond acceptors (Lipinski definition) is 3. The molecule has 0 bridgehead atoms. The third-order valence-electron chi connectivity index (χ3n) is 3.70. The van der Waals surface area contributed by atoms with Crippen LogP contribution in [0.2, 0.25) is 0 Å². The van der Waals surface area contributed by atoms with Gasteiger partial charge in [-0.15, -0.1) is 0 Å². The normalized spacial score (nSPS) is 18.3. The average molecular weight is 305 g/mol. The van der Waals surface area contributed by atoms with Crippen molar-refractivity contribution in [3.05, 3.63) is 30.3 Å². The molecule has 1 aromatic carbocycles. The molecule has 22 heavy (non-hydrogen) atoms. The van der Waals surface area contributed by atoms with Gasteiger partial charge < -0.3 is 14.4 Å². The first-order chi connectivity index (χ1) is 10.5. The van der Waals surface area contributed by atoms with Gasteiger partial charge in [0.2, 0.25) is 0 Å². The van der Waals surface area contributed by atoms with E-state index in [0.717, 1.165) is 38.0 Å². The summed E-state index contributed by atoms with van der Waals surface area (Å²) in [5.41, 5.74) is -0.430. The minimum atomic E-state index is -0.430. The zero-order valence-corrected chi connectivity index (χ0v) is 13.9. The molecule has 1 amide bonds. The standard InChI is InChI=1S/C18H27NO3/c1-18(2,3)22-17(20)19-13-7-9-15(19)10-8-14-21-16-11-5-4-6-12-16/h4-6,11-12,15H,7-10,13-14H2,1-3H3. The van der Waals surface area contributed by atoms with Gasteiger partial charge in [-0.2, -0.15) is 0 Å². The van der Waals surface area contributed by atoms with Crippen molar-refractivity contribution < 1.29 is 14.3 Å². The number of para-hydroxylation sites is 1. The molecule has 1 saturated heterocycles. The van der Waals surface area contributed by atoms with Crippen molar-refractivity contribution in [1.29, 1.82) is 0 Å². The molecule has 1 aromatic rings. The van der Waals surface area contributed by atoms with Crippen LogP contribution in [-0.4, -0.2) is 35.8 Å². The van der Waals surface area contributed by atoms with Gasteiger partial charge in [0.25, 0.3) is 0 Å². The Bertz CT molecular complexity index is 467. The Balaban J connectivity index is 1.73. The van der Waals surface area contributed by atoms with Gasteiger partial charge >= 0.3 is 6.09 Å². The van der Waals surface area contributed by atoms with Crippen molar-refractivity contribution in [3.63, 3.8) is 0 Å². The van der Waals surface area contributed by atoms with Crippen LogP contribution in [0.4, 0.5) is 4.79 Å². The van der Waals surface area contributed by atoms with Crippen molar-refractivity contribution in [3.8, 4) is 5.75 Å². The van der Waals surface area contributed by atoms with Gasteiger partial charge in [-0.05, 0) is 58.6 Å². The molecule has 0 aliphatic carbocycles. The lowest BCUT2D eigenvalue weighted by molar-refractivity contribution is 0.0216. The van der Waals surface area contributed by atoms with Gasteiger partial charge in [0, 0.05) is 12.6 Å². The molecule has 0 radical (unpaired) electrons. The number of carbonyl (C=O) groups excluding carboxylic acids is 1. The number of hydrogen-bond donors (Lipinski definition) is 0. The quantitative estimate of drug-likeness (QED) is 0.764. The van der Waals surface area contributed by atoms with Crippen LogP contribution in [0, 0.1) is 0 Å². The highest BCUT2D eigenvalue weighted by atomic mass is 16.6. The number of amides is 1. The first-order valence-corrected chi connectivity index (χ1v) is 8.13. The van der Waals surface area contributed by atoms with Crippen LogP contribution in [0.1, 0.15) is 46.5 Å². The minimum Gasteiger partial charge on any atom is -0.494 e. The fourth-order valence-corrected chi connectivity index (χ4v) is 2.72. The van der Waals surface area contributed by atoms with Gasteiger partial charge in [0.1, 0.15) is 11.4 Å². The predicted molar refractivity (Wildman–Crippen MR) is 87.1 cm³/mol. The Hall–Kier alpha value is -1.71. The maximum atomic E-state index is 12.2. The van der Waals surface area contributed by atoms with Crippen LogP contribution in [0.15, 0.2) is 30.3 Å². The number of rotatable bonds is 5.